The lowest BCUT2D eigenvalue weighted by Crippen LogP contribution is -2.55. The van der Waals surface area contributed by atoms with E-state index in [-0.39, 0.29) is 23.6 Å². The molecule has 9 heteroatoms. The lowest BCUT2D eigenvalue weighted by Gasteiger charge is -2.40. The number of aromatic nitrogens is 4. The monoisotopic (exact) mass is 586 g/mol. The number of nitrogens with zero attached hydrogens (tertiary/aromatic N) is 6. The molecule has 0 saturated carbocycles. The van der Waals surface area contributed by atoms with Gasteiger partial charge in [0.1, 0.15) is 5.52 Å². The largest absolute Gasteiger partial charge is 0.338 e. The first kappa shape index (κ1) is 30.0. The number of amides is 2. The van der Waals surface area contributed by atoms with Gasteiger partial charge in [-0.15, -0.1) is 10.2 Å². The molecular weight excluding hydrogens is 544 g/mol. The number of benzene rings is 2. The summed E-state index contributed by atoms with van der Waals surface area (Å²) in [4.78, 5) is 34.7. The predicted octanol–water partition coefficient (Wildman–Crippen LogP) is 6.24. The van der Waals surface area contributed by atoms with Crippen molar-refractivity contribution in [1.82, 2.24) is 29.5 Å². The fourth-order valence-corrected chi connectivity index (χ4v) is 6.50. The van der Waals surface area contributed by atoms with Crippen molar-refractivity contribution in [2.45, 2.75) is 83.5 Å². The van der Waals surface area contributed by atoms with Crippen molar-refractivity contribution in [2.24, 2.45) is 0 Å². The molecule has 2 amide bonds. The van der Waals surface area contributed by atoms with Crippen LogP contribution in [0.2, 0.25) is 0 Å². The van der Waals surface area contributed by atoms with Crippen LogP contribution >= 0.6 is 11.8 Å². The molecule has 0 bridgehead atoms. The molecular formula is C33H42N6O2S. The minimum atomic E-state index is 0.0201. The number of fused-ring (bicyclic) bond motifs is 3. The van der Waals surface area contributed by atoms with E-state index < -0.39 is 0 Å². The lowest BCUT2D eigenvalue weighted by atomic mass is 10.1. The molecule has 1 unspecified atom stereocenters. The summed E-state index contributed by atoms with van der Waals surface area (Å²) in [6, 6.07) is 16.7. The molecule has 1 fully saturated rings. The third-order valence-corrected chi connectivity index (χ3v) is 8.98. The van der Waals surface area contributed by atoms with Gasteiger partial charge in [-0.3, -0.25) is 9.59 Å². The number of hydrogen-bond donors (Lipinski definition) is 0. The maximum Gasteiger partial charge on any atom is 0.233 e. The maximum atomic E-state index is 13.2. The van der Waals surface area contributed by atoms with Gasteiger partial charge in [-0.1, -0.05) is 92.8 Å². The highest BCUT2D eigenvalue weighted by molar-refractivity contribution is 7.99. The smallest absolute Gasteiger partial charge is 0.233 e. The standard InChI is InChI=1S/C33H42N6O2S/c1-4-5-6-7-8-12-15-29(40)38-19-18-37(21-25(38)3)30(41)23-42-33-34-32-31(35-36-33)27-20-24(2)16-17-28(27)39(32)22-26-13-10-9-11-14-26/h9-11,13-14,16-17,20,25H,4-8,12,15,18-19,21-23H2,1-3H3. The van der Waals surface area contributed by atoms with Crippen LogP contribution in [0.4, 0.5) is 0 Å². The van der Waals surface area contributed by atoms with E-state index >= 15 is 0 Å². The van der Waals surface area contributed by atoms with Crippen LogP contribution in [0.3, 0.4) is 0 Å². The van der Waals surface area contributed by atoms with Crippen LogP contribution in [0.25, 0.3) is 22.1 Å². The van der Waals surface area contributed by atoms with Gasteiger partial charge in [0.15, 0.2) is 5.65 Å². The van der Waals surface area contributed by atoms with E-state index in [1.165, 1.54) is 43.0 Å². The van der Waals surface area contributed by atoms with Gasteiger partial charge in [-0.2, -0.15) is 0 Å². The summed E-state index contributed by atoms with van der Waals surface area (Å²) in [5.41, 5.74) is 4.95. The van der Waals surface area contributed by atoms with Gasteiger partial charge >= 0.3 is 0 Å². The zero-order valence-corrected chi connectivity index (χ0v) is 25.9. The van der Waals surface area contributed by atoms with Gasteiger partial charge in [0, 0.05) is 44.0 Å². The summed E-state index contributed by atoms with van der Waals surface area (Å²) in [6.07, 6.45) is 7.64. The molecule has 0 N–H and O–H groups in total. The van der Waals surface area contributed by atoms with Gasteiger partial charge in [-0.05, 0) is 38.0 Å². The zero-order chi connectivity index (χ0) is 29.5. The Balaban J connectivity index is 1.20. The van der Waals surface area contributed by atoms with Crippen LogP contribution in [0.5, 0.6) is 0 Å². The minimum absolute atomic E-state index is 0.0201. The normalized spacial score (nSPS) is 15.5. The van der Waals surface area contributed by atoms with Crippen molar-refractivity contribution < 1.29 is 9.59 Å². The van der Waals surface area contributed by atoms with Crippen LogP contribution in [-0.2, 0) is 16.1 Å². The van der Waals surface area contributed by atoms with Crippen molar-refractivity contribution in [3.8, 4) is 0 Å². The first-order chi connectivity index (χ1) is 20.4. The lowest BCUT2D eigenvalue weighted by molar-refractivity contribution is -0.141. The van der Waals surface area contributed by atoms with E-state index in [0.29, 0.717) is 37.8 Å². The summed E-state index contributed by atoms with van der Waals surface area (Å²) < 4.78 is 2.18. The van der Waals surface area contributed by atoms with Crippen molar-refractivity contribution in [2.75, 3.05) is 25.4 Å². The first-order valence-electron chi connectivity index (χ1n) is 15.3. The summed E-state index contributed by atoms with van der Waals surface area (Å²) in [7, 11) is 0. The first-order valence-corrected chi connectivity index (χ1v) is 16.3. The second-order valence-corrected chi connectivity index (χ2v) is 12.4. The predicted molar refractivity (Wildman–Crippen MR) is 170 cm³/mol. The summed E-state index contributed by atoms with van der Waals surface area (Å²) >= 11 is 1.32. The number of unbranched alkanes of at least 4 members (excludes halogenated alkanes) is 5. The van der Waals surface area contributed by atoms with Crippen LogP contribution in [-0.4, -0.2) is 72.8 Å². The molecule has 0 spiro atoms. The minimum Gasteiger partial charge on any atom is -0.338 e. The molecule has 5 rings (SSSR count). The Morgan fingerprint density at radius 1 is 0.952 bits per heavy atom. The molecule has 1 saturated heterocycles. The van der Waals surface area contributed by atoms with E-state index in [4.69, 9.17) is 4.98 Å². The van der Waals surface area contributed by atoms with E-state index in [2.05, 4.69) is 58.9 Å². The second-order valence-electron chi connectivity index (χ2n) is 11.4. The zero-order valence-electron chi connectivity index (χ0n) is 25.1. The molecule has 4 aromatic rings. The summed E-state index contributed by atoms with van der Waals surface area (Å²) in [5, 5.41) is 10.5. The Kier molecular flexibility index (Phi) is 10.1. The van der Waals surface area contributed by atoms with Gasteiger partial charge in [0.25, 0.3) is 0 Å². The Morgan fingerprint density at radius 3 is 2.52 bits per heavy atom. The molecule has 222 valence electrons. The topological polar surface area (TPSA) is 84.2 Å². The fourth-order valence-electron chi connectivity index (χ4n) is 5.81. The fraction of sp³-hybridized carbons (Fsp3) is 0.485. The van der Waals surface area contributed by atoms with Gasteiger partial charge < -0.3 is 14.4 Å². The molecule has 1 atom stereocenters. The quantitative estimate of drug-likeness (QED) is 0.144. The Bertz CT molecular complexity index is 1520. The molecule has 2 aromatic carbocycles. The van der Waals surface area contributed by atoms with Crippen LogP contribution < -0.4 is 0 Å². The van der Waals surface area contributed by atoms with Gasteiger partial charge in [0.2, 0.25) is 17.0 Å². The average molecular weight is 587 g/mol. The Labute approximate surface area is 252 Å². The van der Waals surface area contributed by atoms with Crippen LogP contribution in [0.1, 0.15) is 69.9 Å². The molecule has 2 aromatic heterocycles. The highest BCUT2D eigenvalue weighted by Gasteiger charge is 2.29. The van der Waals surface area contributed by atoms with Crippen molar-refractivity contribution in [3.05, 3.63) is 59.7 Å². The van der Waals surface area contributed by atoms with E-state index in [9.17, 15) is 9.59 Å². The maximum absolute atomic E-state index is 13.2. The molecule has 8 nitrogen and oxygen atoms in total. The van der Waals surface area contributed by atoms with Crippen molar-refractivity contribution in [1.29, 1.82) is 0 Å². The third kappa shape index (κ3) is 7.12. The molecule has 3 heterocycles. The average Bonchev–Trinajstić information content (AvgIpc) is 3.29. The Hall–Kier alpha value is -3.46. The Morgan fingerprint density at radius 2 is 1.74 bits per heavy atom. The highest BCUT2D eigenvalue weighted by atomic mass is 32.2. The number of hydrogen-bond acceptors (Lipinski definition) is 6. The van der Waals surface area contributed by atoms with Gasteiger partial charge in [0.05, 0.1) is 11.3 Å². The van der Waals surface area contributed by atoms with Crippen LogP contribution in [0.15, 0.2) is 53.7 Å². The molecule has 1 aliphatic heterocycles. The summed E-state index contributed by atoms with van der Waals surface area (Å²) in [6.45, 7) is 8.72. The molecule has 1 aliphatic rings. The number of aryl methyl sites for hydroxylation is 1. The van der Waals surface area contributed by atoms with Gasteiger partial charge in [-0.25, -0.2) is 4.98 Å². The van der Waals surface area contributed by atoms with E-state index in [1.807, 2.05) is 34.9 Å². The molecule has 0 aliphatic carbocycles. The van der Waals surface area contributed by atoms with E-state index in [0.717, 1.165) is 40.5 Å². The number of piperazine rings is 1. The second kappa shape index (κ2) is 14.1. The SMILES string of the molecule is CCCCCCCCC(=O)N1CCN(C(=O)CSc2nnc3c4cc(C)ccc4n(Cc4ccccc4)c3n2)CC1C. The van der Waals surface area contributed by atoms with Crippen molar-refractivity contribution >= 4 is 45.6 Å². The number of carbonyl (C=O) groups excluding carboxylic acids is 2. The van der Waals surface area contributed by atoms with Crippen molar-refractivity contribution in [3.63, 3.8) is 0 Å². The summed E-state index contributed by atoms with van der Waals surface area (Å²) in [5.74, 6) is 0.497. The highest BCUT2D eigenvalue weighted by Crippen LogP contribution is 2.29. The number of rotatable bonds is 12. The number of carbonyl (C=O) groups is 2. The molecule has 42 heavy (non-hydrogen) atoms. The van der Waals surface area contributed by atoms with E-state index in [1.54, 1.807) is 0 Å². The third-order valence-electron chi connectivity index (χ3n) is 8.16. The van der Waals surface area contributed by atoms with Crippen LogP contribution in [0, 0.1) is 6.92 Å². The molecule has 0 radical (unpaired) electrons. The number of thioether (sulfide) groups is 1.